The fraction of sp³-hybridized carbons (Fsp3) is 0.395. The van der Waals surface area contributed by atoms with Gasteiger partial charge in [-0.1, -0.05) is 84.9 Å². The van der Waals surface area contributed by atoms with Gasteiger partial charge in [0, 0.05) is 18.7 Å². The highest BCUT2D eigenvalue weighted by Gasteiger charge is 2.75. The zero-order chi connectivity index (χ0) is 37.7. The maximum absolute atomic E-state index is 15.2. The molecule has 3 fully saturated rings. The van der Waals surface area contributed by atoms with Crippen molar-refractivity contribution in [2.45, 2.75) is 75.8 Å². The highest BCUT2D eigenvalue weighted by molar-refractivity contribution is 6.05. The van der Waals surface area contributed by atoms with E-state index in [2.05, 4.69) is 18.5 Å². The predicted octanol–water partition coefficient (Wildman–Crippen LogP) is 5.17. The Morgan fingerprint density at radius 1 is 1.06 bits per heavy atom. The molecule has 3 aliphatic heterocycles. The number of aliphatic hydroxyl groups excluding tert-OH is 1. The molecule has 0 radical (unpaired) electrons. The highest BCUT2D eigenvalue weighted by Crippen LogP contribution is 2.59. The van der Waals surface area contributed by atoms with Crippen LogP contribution in [0, 0.1) is 25.7 Å². The maximum Gasteiger partial charge on any atom is 0.306 e. The van der Waals surface area contributed by atoms with Crippen LogP contribution >= 0.6 is 0 Å². The van der Waals surface area contributed by atoms with Crippen molar-refractivity contribution in [2.24, 2.45) is 11.8 Å². The lowest BCUT2D eigenvalue weighted by Gasteiger charge is -2.39. The van der Waals surface area contributed by atoms with Crippen LogP contribution in [0.1, 0.15) is 54.0 Å². The summed E-state index contributed by atoms with van der Waals surface area (Å²) in [6, 6.07) is 22.1. The molecular weight excluding hydrogens is 670 g/mol. The molecule has 2 bridgehead atoms. The predicted molar refractivity (Wildman–Crippen MR) is 202 cm³/mol. The molecule has 10 heteroatoms. The van der Waals surface area contributed by atoms with E-state index in [-0.39, 0.29) is 25.5 Å². The Hall–Kier alpha value is -5.06. The minimum atomic E-state index is -1.30. The van der Waals surface area contributed by atoms with E-state index in [0.717, 1.165) is 22.3 Å². The summed E-state index contributed by atoms with van der Waals surface area (Å²) in [7, 11) is 0. The van der Waals surface area contributed by atoms with Gasteiger partial charge in [-0.05, 0) is 67.9 Å². The van der Waals surface area contributed by atoms with Crippen molar-refractivity contribution in [1.29, 1.82) is 0 Å². The van der Waals surface area contributed by atoms with Crippen LogP contribution < -0.4 is 10.2 Å². The smallest absolute Gasteiger partial charge is 0.306 e. The molecule has 3 amide bonds. The van der Waals surface area contributed by atoms with Crippen molar-refractivity contribution in [2.75, 3.05) is 24.7 Å². The normalized spacial score (nSPS) is 23.9. The van der Waals surface area contributed by atoms with Crippen LogP contribution in [0.15, 0.2) is 104 Å². The van der Waals surface area contributed by atoms with E-state index in [1.807, 2.05) is 92.7 Å². The second-order valence-electron chi connectivity index (χ2n) is 14.3. The third kappa shape index (κ3) is 7.43. The van der Waals surface area contributed by atoms with Crippen LogP contribution in [0.3, 0.4) is 0 Å². The fourth-order valence-electron chi connectivity index (χ4n) is 8.44. The largest absolute Gasteiger partial charge is 0.463 e. The Morgan fingerprint density at radius 2 is 1.77 bits per heavy atom. The number of nitrogens with one attached hydrogen (secondary N) is 1. The number of ether oxygens (including phenoxy) is 2. The molecule has 53 heavy (non-hydrogen) atoms. The number of allylic oxidation sites excluding steroid dienone is 1. The van der Waals surface area contributed by atoms with Crippen molar-refractivity contribution in [3.05, 3.63) is 126 Å². The lowest BCUT2D eigenvalue weighted by Crippen LogP contribution is -2.59. The summed E-state index contributed by atoms with van der Waals surface area (Å²) in [5.74, 6) is -3.46. The Labute approximate surface area is 311 Å². The average Bonchev–Trinajstić information content (AvgIpc) is 3.82. The molecule has 2 N–H and O–H groups in total. The Kier molecular flexibility index (Phi) is 11.6. The number of benzene rings is 3. The number of nitrogens with zero attached hydrogens (tertiary/aromatic N) is 2. The SMILES string of the molecule is C=CCCC(=O)OC[C@@H](NC(=O)[C@@H]1[C@@H]2CC[C@]3(O2)[C@H](C(=O)N(CC=C)c2cc(C)ccc2C)N([C@@H](CO)Cc2ccccc2)C(=O)[C@@H]13)c1ccccc1. The second kappa shape index (κ2) is 16.3. The number of esters is 1. The van der Waals surface area contributed by atoms with E-state index in [9.17, 15) is 19.5 Å². The topological polar surface area (TPSA) is 125 Å². The summed E-state index contributed by atoms with van der Waals surface area (Å²) in [6.07, 6.45) is 4.49. The average molecular weight is 720 g/mol. The first kappa shape index (κ1) is 37.7. The molecule has 3 heterocycles. The minimum Gasteiger partial charge on any atom is -0.463 e. The molecule has 278 valence electrons. The number of fused-ring (bicyclic) bond motifs is 1. The summed E-state index contributed by atoms with van der Waals surface area (Å²) in [6.45, 7) is 11.2. The third-order valence-corrected chi connectivity index (χ3v) is 10.9. The van der Waals surface area contributed by atoms with Crippen LogP contribution in [0.25, 0.3) is 0 Å². The molecule has 6 rings (SSSR count). The molecule has 0 aromatic heterocycles. The summed E-state index contributed by atoms with van der Waals surface area (Å²) in [5.41, 5.74) is 2.87. The number of carbonyl (C=O) groups is 4. The summed E-state index contributed by atoms with van der Waals surface area (Å²) < 4.78 is 12.3. The molecule has 0 aliphatic carbocycles. The minimum absolute atomic E-state index is 0.100. The van der Waals surface area contributed by atoms with Gasteiger partial charge in [0.25, 0.3) is 5.91 Å². The van der Waals surface area contributed by atoms with Gasteiger partial charge >= 0.3 is 5.97 Å². The van der Waals surface area contributed by atoms with Gasteiger partial charge in [-0.25, -0.2) is 0 Å². The highest BCUT2D eigenvalue weighted by atomic mass is 16.5. The quantitative estimate of drug-likeness (QED) is 0.155. The van der Waals surface area contributed by atoms with Crippen LogP contribution in [-0.2, 0) is 35.1 Å². The summed E-state index contributed by atoms with van der Waals surface area (Å²) in [4.78, 5) is 60.3. The van der Waals surface area contributed by atoms with Crippen molar-refractivity contribution in [1.82, 2.24) is 10.2 Å². The van der Waals surface area contributed by atoms with Gasteiger partial charge in [0.15, 0.2) is 0 Å². The van der Waals surface area contributed by atoms with Gasteiger partial charge in [0.2, 0.25) is 11.8 Å². The van der Waals surface area contributed by atoms with Crippen molar-refractivity contribution >= 4 is 29.4 Å². The number of hydrogen-bond donors (Lipinski definition) is 2. The van der Waals surface area contributed by atoms with E-state index >= 15 is 4.79 Å². The standard InChI is InChI=1S/C43H49N3O7/c1-5-7-18-36(48)52-27-33(31-16-12-9-13-17-31)44-40(49)37-35-21-22-43(53-35)38(37)41(50)46(32(26-47)25-30-14-10-8-11-15-30)39(43)42(51)45(23-6-2)34-24-28(3)19-20-29(34)4/h5-6,8-17,19-20,24,32-33,35,37-39,47H,1-2,7,18,21-23,25-27H2,3-4H3,(H,44,49)/t32-,33-,35+,37-,38-,39+,43-/m1/s1. The number of amides is 3. The molecule has 1 spiro atoms. The molecule has 3 saturated heterocycles. The lowest BCUT2D eigenvalue weighted by atomic mass is 9.70. The molecule has 10 nitrogen and oxygen atoms in total. The zero-order valence-corrected chi connectivity index (χ0v) is 30.5. The molecule has 3 aliphatic rings. The Morgan fingerprint density at radius 3 is 2.45 bits per heavy atom. The zero-order valence-electron chi connectivity index (χ0n) is 30.5. The second-order valence-corrected chi connectivity index (χ2v) is 14.3. The molecule has 0 unspecified atom stereocenters. The van der Waals surface area contributed by atoms with Crippen molar-refractivity contribution in [3.8, 4) is 0 Å². The van der Waals surface area contributed by atoms with Crippen molar-refractivity contribution < 1.29 is 33.8 Å². The van der Waals surface area contributed by atoms with Crippen LogP contribution in [0.2, 0.25) is 0 Å². The lowest BCUT2D eigenvalue weighted by molar-refractivity contribution is -0.146. The van der Waals surface area contributed by atoms with Crippen LogP contribution in [0.5, 0.6) is 0 Å². The Balaban J connectivity index is 1.37. The van der Waals surface area contributed by atoms with E-state index in [0.29, 0.717) is 31.4 Å². The van der Waals surface area contributed by atoms with E-state index < -0.39 is 66.1 Å². The number of anilines is 1. The Bertz CT molecular complexity index is 1830. The monoisotopic (exact) mass is 719 g/mol. The fourth-order valence-corrected chi connectivity index (χ4v) is 8.44. The van der Waals surface area contributed by atoms with Crippen LogP contribution in [0.4, 0.5) is 5.69 Å². The number of carbonyl (C=O) groups excluding carboxylic acids is 4. The van der Waals surface area contributed by atoms with E-state index in [1.165, 1.54) is 4.90 Å². The number of likely N-dealkylation sites (tertiary alicyclic amines) is 1. The number of rotatable bonds is 16. The first-order chi connectivity index (χ1) is 25.6. The van der Waals surface area contributed by atoms with E-state index in [4.69, 9.17) is 9.47 Å². The number of hydrogen-bond acceptors (Lipinski definition) is 7. The van der Waals surface area contributed by atoms with Gasteiger partial charge in [-0.2, -0.15) is 0 Å². The molecule has 3 aromatic rings. The number of aliphatic hydroxyl groups is 1. The first-order valence-corrected chi connectivity index (χ1v) is 18.4. The summed E-state index contributed by atoms with van der Waals surface area (Å²) >= 11 is 0. The first-order valence-electron chi connectivity index (χ1n) is 18.4. The van der Waals surface area contributed by atoms with Crippen LogP contribution in [-0.4, -0.2) is 77.2 Å². The molecule has 3 aromatic carbocycles. The molecular formula is C43H49N3O7. The molecule has 7 atom stereocenters. The molecule has 0 saturated carbocycles. The summed E-state index contributed by atoms with van der Waals surface area (Å²) in [5, 5.41) is 14.0. The maximum atomic E-state index is 15.2. The van der Waals surface area contributed by atoms with Crippen molar-refractivity contribution in [3.63, 3.8) is 0 Å². The number of aryl methyl sites for hydroxylation is 2. The van der Waals surface area contributed by atoms with Gasteiger partial charge < -0.3 is 29.7 Å². The van der Waals surface area contributed by atoms with Gasteiger partial charge in [-0.15, -0.1) is 13.2 Å². The van der Waals surface area contributed by atoms with Gasteiger partial charge in [-0.3, -0.25) is 19.2 Å². The third-order valence-electron chi connectivity index (χ3n) is 10.9. The van der Waals surface area contributed by atoms with Gasteiger partial charge in [0.1, 0.15) is 18.2 Å². The van der Waals surface area contributed by atoms with E-state index in [1.54, 1.807) is 17.1 Å². The van der Waals surface area contributed by atoms with Gasteiger partial charge in [0.05, 0.1) is 36.6 Å².